The number of carbonyl (C=O) groups is 1. The van der Waals surface area contributed by atoms with Gasteiger partial charge >= 0.3 is 5.97 Å². The van der Waals surface area contributed by atoms with Crippen molar-refractivity contribution in [1.82, 2.24) is 15.1 Å². The van der Waals surface area contributed by atoms with Gasteiger partial charge in [0.25, 0.3) is 0 Å². The zero-order chi connectivity index (χ0) is 13.7. The lowest BCUT2D eigenvalue weighted by molar-refractivity contribution is -0.146. The SMILES string of the molecule is CCOC(=O)C(NC(C)CC)c1cn(C)nc1C. The number of nitrogens with one attached hydrogen (secondary N) is 1. The lowest BCUT2D eigenvalue weighted by atomic mass is 10.1. The van der Waals surface area contributed by atoms with E-state index >= 15 is 0 Å². The standard InChI is InChI=1S/C13H23N3O2/c1-6-9(3)14-12(13(17)18-7-2)11-8-16(5)15-10(11)4/h8-9,12,14H,6-7H2,1-5H3. The van der Waals surface area contributed by atoms with E-state index in [0.717, 1.165) is 17.7 Å². The fraction of sp³-hybridized carbons (Fsp3) is 0.692. The summed E-state index contributed by atoms with van der Waals surface area (Å²) >= 11 is 0. The van der Waals surface area contributed by atoms with Crippen LogP contribution in [0.25, 0.3) is 0 Å². The van der Waals surface area contributed by atoms with Crippen LogP contribution in [0.3, 0.4) is 0 Å². The summed E-state index contributed by atoms with van der Waals surface area (Å²) in [4.78, 5) is 12.0. The molecule has 0 bridgehead atoms. The van der Waals surface area contributed by atoms with Gasteiger partial charge in [0.15, 0.2) is 0 Å². The summed E-state index contributed by atoms with van der Waals surface area (Å²) in [7, 11) is 1.85. The summed E-state index contributed by atoms with van der Waals surface area (Å²) in [6.07, 6.45) is 2.82. The highest BCUT2D eigenvalue weighted by Crippen LogP contribution is 2.19. The Morgan fingerprint density at radius 1 is 1.56 bits per heavy atom. The minimum atomic E-state index is -0.436. The highest BCUT2D eigenvalue weighted by molar-refractivity contribution is 5.78. The molecule has 0 aliphatic heterocycles. The first kappa shape index (κ1) is 14.7. The lowest BCUT2D eigenvalue weighted by Crippen LogP contribution is -2.36. The van der Waals surface area contributed by atoms with Crippen LogP contribution in [0, 0.1) is 6.92 Å². The van der Waals surface area contributed by atoms with Crippen molar-refractivity contribution >= 4 is 5.97 Å². The highest BCUT2D eigenvalue weighted by atomic mass is 16.5. The third-order valence-electron chi connectivity index (χ3n) is 2.95. The van der Waals surface area contributed by atoms with Crippen molar-refractivity contribution in [2.45, 2.75) is 46.2 Å². The van der Waals surface area contributed by atoms with Gasteiger partial charge in [-0.15, -0.1) is 0 Å². The van der Waals surface area contributed by atoms with Crippen LogP contribution >= 0.6 is 0 Å². The van der Waals surface area contributed by atoms with Crippen molar-refractivity contribution in [2.75, 3.05) is 6.61 Å². The molecular weight excluding hydrogens is 230 g/mol. The minimum absolute atomic E-state index is 0.242. The maximum atomic E-state index is 12.0. The second kappa shape index (κ2) is 6.54. The summed E-state index contributed by atoms with van der Waals surface area (Å²) in [5.74, 6) is -0.242. The number of ether oxygens (including phenoxy) is 1. The van der Waals surface area contributed by atoms with Gasteiger partial charge in [0.05, 0.1) is 12.3 Å². The molecule has 1 heterocycles. The third kappa shape index (κ3) is 3.57. The average Bonchev–Trinajstić information content (AvgIpc) is 2.65. The van der Waals surface area contributed by atoms with Gasteiger partial charge in [-0.1, -0.05) is 6.92 Å². The van der Waals surface area contributed by atoms with E-state index in [2.05, 4.69) is 24.3 Å². The van der Waals surface area contributed by atoms with Crippen LogP contribution in [0.4, 0.5) is 0 Å². The van der Waals surface area contributed by atoms with Crippen molar-refractivity contribution in [1.29, 1.82) is 0 Å². The molecule has 1 aromatic heterocycles. The molecule has 5 heteroatoms. The number of hydrogen-bond acceptors (Lipinski definition) is 4. The highest BCUT2D eigenvalue weighted by Gasteiger charge is 2.26. The van der Waals surface area contributed by atoms with Gasteiger partial charge in [0.2, 0.25) is 0 Å². The van der Waals surface area contributed by atoms with Crippen LogP contribution < -0.4 is 5.32 Å². The van der Waals surface area contributed by atoms with Gasteiger partial charge in [0, 0.05) is 24.8 Å². The van der Waals surface area contributed by atoms with E-state index in [1.54, 1.807) is 4.68 Å². The number of nitrogens with zero attached hydrogens (tertiary/aromatic N) is 2. The first-order valence-electron chi connectivity index (χ1n) is 6.42. The predicted molar refractivity (Wildman–Crippen MR) is 70.2 cm³/mol. The molecule has 102 valence electrons. The van der Waals surface area contributed by atoms with Crippen LogP contribution in [0.1, 0.15) is 44.5 Å². The van der Waals surface area contributed by atoms with Crippen molar-refractivity contribution in [3.8, 4) is 0 Å². The Morgan fingerprint density at radius 2 is 2.22 bits per heavy atom. The van der Waals surface area contributed by atoms with Crippen LogP contribution in [0.5, 0.6) is 0 Å². The zero-order valence-corrected chi connectivity index (χ0v) is 11.9. The summed E-state index contributed by atoms with van der Waals surface area (Å²) in [6, 6.07) is -0.187. The van der Waals surface area contributed by atoms with E-state index in [1.165, 1.54) is 0 Å². The van der Waals surface area contributed by atoms with Crippen LogP contribution in [-0.4, -0.2) is 28.4 Å². The Morgan fingerprint density at radius 3 is 2.67 bits per heavy atom. The Bertz CT molecular complexity index is 401. The van der Waals surface area contributed by atoms with Gasteiger partial charge < -0.3 is 4.74 Å². The molecule has 1 N–H and O–H groups in total. The molecule has 0 fully saturated rings. The number of esters is 1. The van der Waals surface area contributed by atoms with Crippen LogP contribution in [-0.2, 0) is 16.6 Å². The van der Waals surface area contributed by atoms with Crippen molar-refractivity contribution < 1.29 is 9.53 Å². The maximum Gasteiger partial charge on any atom is 0.327 e. The van der Waals surface area contributed by atoms with Crippen LogP contribution in [0.15, 0.2) is 6.20 Å². The van der Waals surface area contributed by atoms with Crippen LogP contribution in [0.2, 0.25) is 0 Å². The molecule has 1 aromatic rings. The molecule has 0 radical (unpaired) electrons. The molecule has 0 saturated heterocycles. The largest absolute Gasteiger partial charge is 0.465 e. The summed E-state index contributed by atoms with van der Waals surface area (Å²) in [5, 5.41) is 7.57. The molecule has 0 aliphatic carbocycles. The predicted octanol–water partition coefficient (Wildman–Crippen LogP) is 1.72. The molecular formula is C13H23N3O2. The molecule has 0 spiro atoms. The zero-order valence-electron chi connectivity index (χ0n) is 11.9. The molecule has 5 nitrogen and oxygen atoms in total. The second-order valence-corrected chi connectivity index (χ2v) is 4.50. The normalized spacial score (nSPS) is 14.3. The van der Waals surface area contributed by atoms with E-state index in [4.69, 9.17) is 4.74 Å². The molecule has 18 heavy (non-hydrogen) atoms. The summed E-state index contributed by atoms with van der Waals surface area (Å²) in [5.41, 5.74) is 1.74. The van der Waals surface area contributed by atoms with Gasteiger partial charge in [0.1, 0.15) is 6.04 Å². The Labute approximate surface area is 109 Å². The van der Waals surface area contributed by atoms with Gasteiger partial charge in [-0.3, -0.25) is 10.00 Å². The maximum absolute atomic E-state index is 12.0. The van der Waals surface area contributed by atoms with E-state index in [-0.39, 0.29) is 12.0 Å². The first-order valence-corrected chi connectivity index (χ1v) is 6.42. The Balaban J connectivity index is 2.96. The van der Waals surface area contributed by atoms with Gasteiger partial charge in [-0.05, 0) is 27.2 Å². The Hall–Kier alpha value is -1.36. The molecule has 0 aliphatic rings. The number of hydrogen-bond donors (Lipinski definition) is 1. The second-order valence-electron chi connectivity index (χ2n) is 4.50. The molecule has 2 unspecified atom stereocenters. The monoisotopic (exact) mass is 253 g/mol. The number of aromatic nitrogens is 2. The number of aryl methyl sites for hydroxylation is 2. The van der Waals surface area contributed by atoms with Crippen molar-refractivity contribution in [2.24, 2.45) is 7.05 Å². The molecule has 0 aromatic carbocycles. The quantitative estimate of drug-likeness (QED) is 0.784. The fourth-order valence-electron chi connectivity index (χ4n) is 1.81. The third-order valence-corrected chi connectivity index (χ3v) is 2.95. The molecule has 0 saturated carbocycles. The fourth-order valence-corrected chi connectivity index (χ4v) is 1.81. The number of rotatable bonds is 6. The van der Waals surface area contributed by atoms with E-state index in [0.29, 0.717) is 6.61 Å². The average molecular weight is 253 g/mol. The van der Waals surface area contributed by atoms with Crippen molar-refractivity contribution in [3.05, 3.63) is 17.5 Å². The van der Waals surface area contributed by atoms with Gasteiger partial charge in [-0.2, -0.15) is 5.10 Å². The molecule has 0 amide bonds. The summed E-state index contributed by atoms with van der Waals surface area (Å²) in [6.45, 7) is 8.24. The van der Waals surface area contributed by atoms with E-state index < -0.39 is 6.04 Å². The van der Waals surface area contributed by atoms with E-state index in [1.807, 2.05) is 27.1 Å². The lowest BCUT2D eigenvalue weighted by Gasteiger charge is -2.20. The number of carbonyl (C=O) groups excluding carboxylic acids is 1. The Kier molecular flexibility index (Phi) is 5.34. The summed E-state index contributed by atoms with van der Waals surface area (Å²) < 4.78 is 6.85. The molecule has 2 atom stereocenters. The van der Waals surface area contributed by atoms with Crippen molar-refractivity contribution in [3.63, 3.8) is 0 Å². The van der Waals surface area contributed by atoms with E-state index in [9.17, 15) is 4.79 Å². The smallest absolute Gasteiger partial charge is 0.327 e. The topological polar surface area (TPSA) is 56.1 Å². The molecule has 1 rings (SSSR count). The first-order chi connectivity index (χ1) is 8.49. The minimum Gasteiger partial charge on any atom is -0.465 e. The van der Waals surface area contributed by atoms with Gasteiger partial charge in [-0.25, -0.2) is 4.79 Å².